The summed E-state index contributed by atoms with van der Waals surface area (Å²) in [6, 6.07) is 11.9. The van der Waals surface area contributed by atoms with Crippen molar-refractivity contribution in [1.82, 2.24) is 10.2 Å². The van der Waals surface area contributed by atoms with E-state index in [4.69, 9.17) is 9.15 Å². The molecule has 0 saturated carbocycles. The molecule has 1 aromatic heterocycles. The second-order valence-electron chi connectivity index (χ2n) is 6.17. The number of rotatable bonds is 6. The Kier molecular flexibility index (Phi) is 6.04. The van der Waals surface area contributed by atoms with Crippen molar-refractivity contribution in [1.29, 1.82) is 0 Å². The van der Waals surface area contributed by atoms with E-state index in [0.29, 0.717) is 19.8 Å². The minimum atomic E-state index is -0.106. The molecule has 1 saturated heterocycles. The molecule has 3 rings (SSSR count). The van der Waals surface area contributed by atoms with Crippen LogP contribution in [0.25, 0.3) is 6.08 Å². The van der Waals surface area contributed by atoms with E-state index in [9.17, 15) is 4.79 Å². The lowest BCUT2D eigenvalue weighted by Gasteiger charge is -2.33. The quantitative estimate of drug-likeness (QED) is 0.822. The van der Waals surface area contributed by atoms with Crippen molar-refractivity contribution in [2.75, 3.05) is 32.8 Å². The zero-order valence-electron chi connectivity index (χ0n) is 14.5. The summed E-state index contributed by atoms with van der Waals surface area (Å²) in [5.41, 5.74) is 2.21. The predicted molar refractivity (Wildman–Crippen MR) is 97.1 cm³/mol. The first-order valence-corrected chi connectivity index (χ1v) is 8.60. The van der Waals surface area contributed by atoms with Crippen LogP contribution in [0.2, 0.25) is 0 Å². The zero-order chi connectivity index (χ0) is 17.5. The molecule has 1 N–H and O–H groups in total. The predicted octanol–water partition coefficient (Wildman–Crippen LogP) is 2.79. The fraction of sp³-hybridized carbons (Fsp3) is 0.350. The molecule has 25 heavy (non-hydrogen) atoms. The van der Waals surface area contributed by atoms with Crippen LogP contribution < -0.4 is 5.32 Å². The maximum atomic E-state index is 12.2. The third kappa shape index (κ3) is 5.05. The van der Waals surface area contributed by atoms with Crippen LogP contribution in [0.1, 0.15) is 22.9 Å². The summed E-state index contributed by atoms with van der Waals surface area (Å²) in [6.07, 6.45) is 5.07. The molecule has 0 aliphatic carbocycles. The van der Waals surface area contributed by atoms with Gasteiger partial charge in [-0.15, -0.1) is 0 Å². The average molecular weight is 340 g/mol. The molecule has 1 amide bonds. The van der Waals surface area contributed by atoms with E-state index in [1.54, 1.807) is 12.3 Å². The Balaban J connectivity index is 1.58. The van der Waals surface area contributed by atoms with E-state index in [1.165, 1.54) is 5.56 Å². The van der Waals surface area contributed by atoms with Gasteiger partial charge in [0.2, 0.25) is 5.91 Å². The first kappa shape index (κ1) is 17.5. The number of hydrogen-bond donors (Lipinski definition) is 1. The maximum Gasteiger partial charge on any atom is 0.244 e. The van der Waals surface area contributed by atoms with Gasteiger partial charge in [-0.25, -0.2) is 0 Å². The highest BCUT2D eigenvalue weighted by atomic mass is 16.5. The largest absolute Gasteiger partial charge is 0.468 e. The smallest absolute Gasteiger partial charge is 0.244 e. The van der Waals surface area contributed by atoms with Gasteiger partial charge >= 0.3 is 0 Å². The summed E-state index contributed by atoms with van der Waals surface area (Å²) < 4.78 is 11.0. The fourth-order valence-electron chi connectivity index (χ4n) is 2.89. The molecule has 5 heteroatoms. The van der Waals surface area contributed by atoms with Gasteiger partial charge in [0.25, 0.3) is 0 Å². The van der Waals surface area contributed by atoms with Crippen LogP contribution in [0.4, 0.5) is 0 Å². The third-order valence-electron chi connectivity index (χ3n) is 4.33. The van der Waals surface area contributed by atoms with Gasteiger partial charge in [-0.05, 0) is 30.7 Å². The molecule has 0 bridgehead atoms. The van der Waals surface area contributed by atoms with Crippen LogP contribution in [-0.2, 0) is 9.53 Å². The number of amides is 1. The summed E-state index contributed by atoms with van der Waals surface area (Å²) in [4.78, 5) is 14.5. The van der Waals surface area contributed by atoms with Crippen LogP contribution in [0.15, 0.2) is 53.2 Å². The first-order chi connectivity index (χ1) is 12.2. The number of nitrogens with zero attached hydrogens (tertiary/aromatic N) is 1. The molecule has 1 atom stereocenters. The molecule has 2 aromatic rings. The number of hydrogen-bond acceptors (Lipinski definition) is 4. The lowest BCUT2D eigenvalue weighted by Crippen LogP contribution is -2.43. The Morgan fingerprint density at radius 1 is 1.24 bits per heavy atom. The Morgan fingerprint density at radius 3 is 2.68 bits per heavy atom. The molecular weight excluding hydrogens is 316 g/mol. The van der Waals surface area contributed by atoms with E-state index in [0.717, 1.165) is 24.4 Å². The molecule has 0 radical (unpaired) electrons. The Bertz CT molecular complexity index is 686. The minimum Gasteiger partial charge on any atom is -0.468 e. The number of benzene rings is 1. The van der Waals surface area contributed by atoms with Crippen molar-refractivity contribution in [3.05, 3.63) is 65.6 Å². The highest BCUT2D eigenvalue weighted by Crippen LogP contribution is 2.21. The van der Waals surface area contributed by atoms with Gasteiger partial charge in [0.15, 0.2) is 0 Å². The number of ether oxygens (including phenoxy) is 1. The van der Waals surface area contributed by atoms with Crippen LogP contribution in [0, 0.1) is 6.92 Å². The fourth-order valence-corrected chi connectivity index (χ4v) is 2.89. The molecule has 1 unspecified atom stereocenters. The van der Waals surface area contributed by atoms with E-state index in [-0.39, 0.29) is 11.9 Å². The van der Waals surface area contributed by atoms with Gasteiger partial charge < -0.3 is 14.5 Å². The lowest BCUT2D eigenvalue weighted by molar-refractivity contribution is -0.116. The maximum absolute atomic E-state index is 12.2. The Hall–Kier alpha value is -2.37. The van der Waals surface area contributed by atoms with E-state index < -0.39 is 0 Å². The molecule has 1 fully saturated rings. The minimum absolute atomic E-state index is 0.0237. The monoisotopic (exact) mass is 340 g/mol. The zero-order valence-corrected chi connectivity index (χ0v) is 14.5. The summed E-state index contributed by atoms with van der Waals surface area (Å²) in [6.45, 7) is 5.63. The molecule has 5 nitrogen and oxygen atoms in total. The highest BCUT2D eigenvalue weighted by Gasteiger charge is 2.24. The molecule has 1 aliphatic rings. The van der Waals surface area contributed by atoms with Gasteiger partial charge in [0.1, 0.15) is 5.76 Å². The first-order valence-electron chi connectivity index (χ1n) is 8.60. The molecule has 1 aliphatic heterocycles. The van der Waals surface area contributed by atoms with Gasteiger partial charge in [-0.2, -0.15) is 0 Å². The normalized spacial score (nSPS) is 16.8. The van der Waals surface area contributed by atoms with Crippen LogP contribution >= 0.6 is 0 Å². The van der Waals surface area contributed by atoms with Gasteiger partial charge in [-0.1, -0.05) is 29.8 Å². The van der Waals surface area contributed by atoms with Crippen molar-refractivity contribution >= 4 is 12.0 Å². The molecule has 0 spiro atoms. The van der Waals surface area contributed by atoms with Gasteiger partial charge in [0.05, 0.1) is 25.5 Å². The van der Waals surface area contributed by atoms with E-state index >= 15 is 0 Å². The van der Waals surface area contributed by atoms with Crippen molar-refractivity contribution < 1.29 is 13.9 Å². The summed E-state index contributed by atoms with van der Waals surface area (Å²) in [5.74, 6) is 0.759. The SMILES string of the molecule is Cc1ccc(C=CC(=O)NCC(c2ccco2)N2CCOCC2)cc1. The average Bonchev–Trinajstić information content (AvgIpc) is 3.17. The third-order valence-corrected chi connectivity index (χ3v) is 4.33. The van der Waals surface area contributed by atoms with E-state index in [2.05, 4.69) is 10.2 Å². The topological polar surface area (TPSA) is 54.7 Å². The molecule has 132 valence electrons. The van der Waals surface area contributed by atoms with E-state index in [1.807, 2.05) is 49.4 Å². The second-order valence-corrected chi connectivity index (χ2v) is 6.17. The number of aryl methyl sites for hydroxylation is 1. The summed E-state index contributed by atoms with van der Waals surface area (Å²) in [5, 5.41) is 2.98. The molecule has 1 aromatic carbocycles. The Labute approximate surface area is 148 Å². The number of morpholine rings is 1. The van der Waals surface area contributed by atoms with Crippen LogP contribution in [-0.4, -0.2) is 43.7 Å². The van der Waals surface area contributed by atoms with Crippen molar-refractivity contribution in [3.8, 4) is 0 Å². The second kappa shape index (κ2) is 8.65. The van der Waals surface area contributed by atoms with Crippen molar-refractivity contribution in [2.45, 2.75) is 13.0 Å². The lowest BCUT2D eigenvalue weighted by atomic mass is 10.1. The van der Waals surface area contributed by atoms with Gasteiger partial charge in [-0.3, -0.25) is 9.69 Å². The number of nitrogens with one attached hydrogen (secondary N) is 1. The molecular formula is C20H24N2O3. The van der Waals surface area contributed by atoms with Crippen LogP contribution in [0.5, 0.6) is 0 Å². The van der Waals surface area contributed by atoms with Crippen molar-refractivity contribution in [2.24, 2.45) is 0 Å². The standard InChI is InChI=1S/C20H24N2O3/c1-16-4-6-17(7-5-16)8-9-20(23)21-15-18(19-3-2-12-25-19)22-10-13-24-14-11-22/h2-9,12,18H,10-11,13-15H2,1H3,(H,21,23). The summed E-state index contributed by atoms with van der Waals surface area (Å²) in [7, 11) is 0. The highest BCUT2D eigenvalue weighted by molar-refractivity contribution is 5.91. The van der Waals surface area contributed by atoms with Gasteiger partial charge in [0, 0.05) is 25.7 Å². The number of furan rings is 1. The van der Waals surface area contributed by atoms with Crippen molar-refractivity contribution in [3.63, 3.8) is 0 Å². The summed E-state index contributed by atoms with van der Waals surface area (Å²) >= 11 is 0. The number of carbonyl (C=O) groups is 1. The Morgan fingerprint density at radius 2 is 2.00 bits per heavy atom. The number of carbonyl (C=O) groups excluding carboxylic acids is 1. The van der Waals surface area contributed by atoms with Crippen LogP contribution in [0.3, 0.4) is 0 Å². The molecule has 2 heterocycles.